The van der Waals surface area contributed by atoms with Gasteiger partial charge in [0.2, 0.25) is 0 Å². The maximum absolute atomic E-state index is 6.24. The van der Waals surface area contributed by atoms with Gasteiger partial charge < -0.3 is 4.42 Å². The standard InChI is InChI=1S/C24H26N2O/c1-14-7-9-18(19-13-17(11-12-25-19)16(3)24(4,5)6)23-21(14)22-20(27-23)10-8-15(2)26-22/h7-13,16H,1-6H3. The van der Waals surface area contributed by atoms with Crippen molar-refractivity contribution in [3.63, 3.8) is 0 Å². The molecule has 0 saturated heterocycles. The number of nitrogens with zero attached hydrogens (tertiary/aromatic N) is 2. The Morgan fingerprint density at radius 2 is 1.78 bits per heavy atom. The molecule has 3 aromatic heterocycles. The molecule has 1 aromatic carbocycles. The Morgan fingerprint density at radius 3 is 2.52 bits per heavy atom. The summed E-state index contributed by atoms with van der Waals surface area (Å²) in [5.41, 5.74) is 8.26. The Hall–Kier alpha value is -2.68. The summed E-state index contributed by atoms with van der Waals surface area (Å²) in [6, 6.07) is 12.6. The first-order valence-corrected chi connectivity index (χ1v) is 9.51. The van der Waals surface area contributed by atoms with E-state index in [1.807, 2.05) is 25.3 Å². The molecule has 0 aliphatic heterocycles. The number of aromatic nitrogens is 2. The van der Waals surface area contributed by atoms with E-state index in [2.05, 4.69) is 63.9 Å². The molecule has 0 N–H and O–H groups in total. The second-order valence-corrected chi connectivity index (χ2v) is 8.60. The molecule has 3 heteroatoms. The van der Waals surface area contributed by atoms with Crippen molar-refractivity contribution < 1.29 is 4.42 Å². The van der Waals surface area contributed by atoms with Crippen LogP contribution in [0.15, 0.2) is 47.0 Å². The molecule has 27 heavy (non-hydrogen) atoms. The SMILES string of the molecule is Cc1ccc2oc3c(-c4cc(C(C)C(C)(C)C)ccn4)ccc(C)c3c2n1. The third-order valence-electron chi connectivity index (χ3n) is 5.67. The number of fused-ring (bicyclic) bond motifs is 3. The third kappa shape index (κ3) is 3.01. The number of benzene rings is 1. The van der Waals surface area contributed by atoms with Crippen molar-refractivity contribution in [2.75, 3.05) is 0 Å². The second-order valence-electron chi connectivity index (χ2n) is 8.60. The summed E-state index contributed by atoms with van der Waals surface area (Å²) in [5, 5.41) is 1.09. The van der Waals surface area contributed by atoms with Crippen molar-refractivity contribution in [3.8, 4) is 11.3 Å². The minimum atomic E-state index is 0.196. The Labute approximate surface area is 160 Å². The molecule has 3 heterocycles. The summed E-state index contributed by atoms with van der Waals surface area (Å²) in [6.07, 6.45) is 1.91. The van der Waals surface area contributed by atoms with Gasteiger partial charge in [0.15, 0.2) is 5.58 Å². The van der Waals surface area contributed by atoms with Gasteiger partial charge in [-0.1, -0.05) is 33.8 Å². The number of hydrogen-bond donors (Lipinski definition) is 0. The predicted molar refractivity (Wildman–Crippen MR) is 112 cm³/mol. The van der Waals surface area contributed by atoms with Crippen LogP contribution in [0.2, 0.25) is 0 Å². The van der Waals surface area contributed by atoms with Gasteiger partial charge in [0.25, 0.3) is 0 Å². The van der Waals surface area contributed by atoms with Crippen molar-refractivity contribution in [3.05, 3.63) is 59.4 Å². The van der Waals surface area contributed by atoms with Crippen LogP contribution in [0.1, 0.15) is 50.4 Å². The van der Waals surface area contributed by atoms with Crippen molar-refractivity contribution >= 4 is 22.1 Å². The van der Waals surface area contributed by atoms with E-state index in [-0.39, 0.29) is 5.41 Å². The molecule has 4 aromatic rings. The molecule has 0 fully saturated rings. The maximum atomic E-state index is 6.24. The van der Waals surface area contributed by atoms with Crippen LogP contribution in [0.5, 0.6) is 0 Å². The third-order valence-corrected chi connectivity index (χ3v) is 5.67. The first-order valence-electron chi connectivity index (χ1n) is 9.51. The topological polar surface area (TPSA) is 38.9 Å². The van der Waals surface area contributed by atoms with Crippen LogP contribution in [-0.4, -0.2) is 9.97 Å². The van der Waals surface area contributed by atoms with E-state index in [0.717, 1.165) is 39.0 Å². The Morgan fingerprint density at radius 1 is 1.00 bits per heavy atom. The average Bonchev–Trinajstić information content (AvgIpc) is 3.00. The average molecular weight is 358 g/mol. The summed E-state index contributed by atoms with van der Waals surface area (Å²) < 4.78 is 6.24. The monoisotopic (exact) mass is 358 g/mol. The van der Waals surface area contributed by atoms with Gasteiger partial charge in [-0.3, -0.25) is 4.98 Å². The van der Waals surface area contributed by atoms with E-state index < -0.39 is 0 Å². The maximum Gasteiger partial charge on any atom is 0.153 e. The highest BCUT2D eigenvalue weighted by Gasteiger charge is 2.23. The lowest BCUT2D eigenvalue weighted by Crippen LogP contribution is -2.15. The minimum Gasteiger partial charge on any atom is -0.454 e. The molecule has 1 unspecified atom stereocenters. The lowest BCUT2D eigenvalue weighted by molar-refractivity contribution is 0.339. The van der Waals surface area contributed by atoms with Crippen LogP contribution in [0.25, 0.3) is 33.3 Å². The molecule has 0 spiro atoms. The molecule has 0 bridgehead atoms. The molecular weight excluding hydrogens is 332 g/mol. The molecular formula is C24H26N2O. The van der Waals surface area contributed by atoms with Crippen LogP contribution in [0, 0.1) is 19.3 Å². The van der Waals surface area contributed by atoms with Crippen molar-refractivity contribution in [1.82, 2.24) is 9.97 Å². The van der Waals surface area contributed by atoms with E-state index in [9.17, 15) is 0 Å². The van der Waals surface area contributed by atoms with E-state index in [4.69, 9.17) is 9.40 Å². The summed E-state index contributed by atoms with van der Waals surface area (Å²) in [7, 11) is 0. The Balaban J connectivity index is 1.95. The summed E-state index contributed by atoms with van der Waals surface area (Å²) in [6.45, 7) is 13.2. The fourth-order valence-electron chi connectivity index (χ4n) is 3.56. The molecule has 4 rings (SSSR count). The highest BCUT2D eigenvalue weighted by molar-refractivity contribution is 6.09. The van der Waals surface area contributed by atoms with Crippen LogP contribution in [0.3, 0.4) is 0 Å². The van der Waals surface area contributed by atoms with Gasteiger partial charge in [-0.05, 0) is 66.6 Å². The molecule has 0 amide bonds. The van der Waals surface area contributed by atoms with Gasteiger partial charge in [0.1, 0.15) is 11.1 Å². The number of furan rings is 1. The summed E-state index contributed by atoms with van der Waals surface area (Å²) in [4.78, 5) is 9.38. The van der Waals surface area contributed by atoms with E-state index in [1.165, 1.54) is 11.1 Å². The molecule has 3 nitrogen and oxygen atoms in total. The lowest BCUT2D eigenvalue weighted by atomic mass is 9.78. The zero-order valence-corrected chi connectivity index (χ0v) is 16.9. The van der Waals surface area contributed by atoms with Gasteiger partial charge in [-0.25, -0.2) is 4.98 Å². The van der Waals surface area contributed by atoms with Gasteiger partial charge in [-0.2, -0.15) is 0 Å². The minimum absolute atomic E-state index is 0.196. The smallest absolute Gasteiger partial charge is 0.153 e. The van der Waals surface area contributed by atoms with E-state index in [0.29, 0.717) is 5.92 Å². The van der Waals surface area contributed by atoms with Gasteiger partial charge in [0, 0.05) is 17.5 Å². The molecule has 0 saturated carbocycles. The second kappa shape index (κ2) is 6.19. The number of hydrogen-bond acceptors (Lipinski definition) is 3. The summed E-state index contributed by atoms with van der Waals surface area (Å²) >= 11 is 0. The van der Waals surface area contributed by atoms with Crippen LogP contribution in [-0.2, 0) is 0 Å². The molecule has 0 aliphatic rings. The van der Waals surface area contributed by atoms with E-state index in [1.54, 1.807) is 0 Å². The normalized spacial score (nSPS) is 13.4. The van der Waals surface area contributed by atoms with Crippen molar-refractivity contribution in [1.29, 1.82) is 0 Å². The Bertz CT molecular complexity index is 1150. The predicted octanol–water partition coefficient (Wildman–Crippen LogP) is 6.81. The zero-order valence-electron chi connectivity index (χ0n) is 16.9. The lowest BCUT2D eigenvalue weighted by Gasteiger charge is -2.27. The molecule has 0 aliphatic carbocycles. The summed E-state index contributed by atoms with van der Waals surface area (Å²) in [5.74, 6) is 0.431. The van der Waals surface area contributed by atoms with Gasteiger partial charge in [-0.15, -0.1) is 0 Å². The van der Waals surface area contributed by atoms with Crippen LogP contribution < -0.4 is 0 Å². The highest BCUT2D eigenvalue weighted by atomic mass is 16.3. The fraction of sp³-hybridized carbons (Fsp3) is 0.333. The van der Waals surface area contributed by atoms with E-state index >= 15 is 0 Å². The molecule has 138 valence electrons. The first-order chi connectivity index (χ1) is 12.8. The molecule has 1 atom stereocenters. The van der Waals surface area contributed by atoms with Crippen molar-refractivity contribution in [2.24, 2.45) is 5.41 Å². The highest BCUT2D eigenvalue weighted by Crippen LogP contribution is 2.39. The zero-order chi connectivity index (χ0) is 19.3. The van der Waals surface area contributed by atoms with Crippen LogP contribution in [0.4, 0.5) is 0 Å². The number of pyridine rings is 2. The fourth-order valence-corrected chi connectivity index (χ4v) is 3.56. The molecule has 0 radical (unpaired) electrons. The number of aryl methyl sites for hydroxylation is 2. The number of rotatable bonds is 2. The Kier molecular flexibility index (Phi) is 4.06. The largest absolute Gasteiger partial charge is 0.454 e. The van der Waals surface area contributed by atoms with Crippen LogP contribution >= 0.6 is 0 Å². The quantitative estimate of drug-likeness (QED) is 0.395. The first kappa shape index (κ1) is 17.7. The van der Waals surface area contributed by atoms with Crippen molar-refractivity contribution in [2.45, 2.75) is 47.5 Å². The van der Waals surface area contributed by atoms with Gasteiger partial charge in [0.05, 0.1) is 11.1 Å². The van der Waals surface area contributed by atoms with Gasteiger partial charge >= 0.3 is 0 Å².